The highest BCUT2D eigenvalue weighted by molar-refractivity contribution is 6.45. The van der Waals surface area contributed by atoms with E-state index in [0.29, 0.717) is 34.1 Å². The van der Waals surface area contributed by atoms with Crippen LogP contribution in [0, 0.1) is 57.2 Å². The van der Waals surface area contributed by atoms with Crippen LogP contribution in [-0.2, 0) is 14.3 Å². The van der Waals surface area contributed by atoms with Gasteiger partial charge in [-0.3, -0.25) is 19.6 Å². The van der Waals surface area contributed by atoms with Crippen LogP contribution >= 0.6 is 0 Å². The lowest BCUT2D eigenvalue weighted by atomic mass is 9.59. The van der Waals surface area contributed by atoms with Gasteiger partial charge in [0.25, 0.3) is 11.8 Å². The number of nitrogens with zero attached hydrogens (tertiary/aromatic N) is 4. The van der Waals surface area contributed by atoms with Gasteiger partial charge in [0.15, 0.2) is 11.7 Å². The number of nitrogens with one attached hydrogen (secondary N) is 3. The first kappa shape index (κ1) is 56.2. The molecular weight excluding hydrogens is 963 g/mol. The third kappa shape index (κ3) is 12.6. The highest BCUT2D eigenvalue weighted by atomic mass is 16.5. The number of aliphatic imine (C=N–C) groups is 2. The molecule has 2 aromatic carbocycles. The van der Waals surface area contributed by atoms with Crippen LogP contribution in [0.1, 0.15) is 160 Å². The van der Waals surface area contributed by atoms with Crippen LogP contribution in [0.4, 0.5) is 11.6 Å². The number of ether oxygens (including phenoxy) is 2. The summed E-state index contributed by atoms with van der Waals surface area (Å²) in [6, 6.07) is 28.6. The van der Waals surface area contributed by atoms with E-state index in [1.807, 2.05) is 60.7 Å². The van der Waals surface area contributed by atoms with Gasteiger partial charge in [0, 0.05) is 47.2 Å². The largest absolute Gasteiger partial charge is 0.458 e. The number of aromatic amines is 1. The first-order chi connectivity index (χ1) is 36.2. The molecule has 2 fully saturated rings. The molecule has 2 amide bonds. The van der Waals surface area contributed by atoms with E-state index in [0.717, 1.165) is 25.7 Å². The highest BCUT2D eigenvalue weighted by Gasteiger charge is 2.51. The van der Waals surface area contributed by atoms with Gasteiger partial charge in [-0.25, -0.2) is 19.6 Å². The molecule has 1 aliphatic heterocycles. The third-order valence-corrected chi connectivity index (χ3v) is 16.1. The van der Waals surface area contributed by atoms with Crippen molar-refractivity contribution in [3.63, 3.8) is 0 Å². The highest BCUT2D eigenvalue weighted by Crippen LogP contribution is 2.52. The van der Waals surface area contributed by atoms with Crippen LogP contribution in [0.25, 0.3) is 16.7 Å². The van der Waals surface area contributed by atoms with Gasteiger partial charge >= 0.3 is 11.9 Å². The van der Waals surface area contributed by atoms with Crippen molar-refractivity contribution in [3.8, 4) is 11.1 Å². The van der Waals surface area contributed by atoms with Crippen LogP contribution in [-0.4, -0.2) is 62.6 Å². The molecule has 406 valence electrons. The number of hydrogen-bond acceptors (Lipinski definition) is 9. The van der Waals surface area contributed by atoms with Crippen LogP contribution in [0.15, 0.2) is 125 Å². The second-order valence-corrected chi connectivity index (χ2v) is 26.1. The molecule has 13 nitrogen and oxygen atoms in total. The molecule has 2 saturated carbocycles. The average Bonchev–Trinajstić information content (AvgIpc) is 3.96. The molecule has 4 atom stereocenters. The van der Waals surface area contributed by atoms with E-state index in [9.17, 15) is 9.59 Å². The van der Waals surface area contributed by atoms with Gasteiger partial charge in [0.2, 0.25) is 0 Å². The number of H-pyrrole nitrogens is 1. The summed E-state index contributed by atoms with van der Waals surface area (Å²) in [4.78, 5) is 82.1. The second kappa shape index (κ2) is 22.1. The lowest BCUT2D eigenvalue weighted by Gasteiger charge is -2.50. The molecule has 0 saturated heterocycles. The molecule has 8 rings (SSSR count). The summed E-state index contributed by atoms with van der Waals surface area (Å²) in [5.41, 5.74) is 1.25. The van der Waals surface area contributed by atoms with Gasteiger partial charge in [-0.05, 0) is 94.6 Å². The normalized spacial score (nSPS) is 23.8. The number of anilines is 1. The molecule has 3 aromatic heterocycles. The number of esters is 2. The zero-order valence-corrected chi connectivity index (χ0v) is 47.6. The molecule has 0 spiro atoms. The maximum Gasteiger partial charge on any atom is 0.343 e. The Morgan fingerprint density at radius 1 is 0.545 bits per heavy atom. The van der Waals surface area contributed by atoms with Gasteiger partial charge in [-0.1, -0.05) is 170 Å². The molecule has 4 unspecified atom stereocenters. The molecule has 3 aliphatic rings. The number of rotatable bonds is 10. The van der Waals surface area contributed by atoms with Crippen molar-refractivity contribution in [1.82, 2.24) is 20.3 Å². The second-order valence-electron chi connectivity index (χ2n) is 26.1. The molecule has 2 aliphatic carbocycles. The lowest BCUT2D eigenvalue weighted by Crippen LogP contribution is -2.50. The summed E-state index contributed by atoms with van der Waals surface area (Å²) in [6.45, 7) is 31.0. The molecular formula is C64H79N7O6. The monoisotopic (exact) mass is 1040 g/mol. The SMILES string of the molecule is CC1CC(C(C)(C)C)C(OC(=O)C2=C(c3ccccc3)C(=Nc3[nH]c(NC(=O)c4ccccn4)c(C(=O)OC4C(C(C)(C)C)CC(C)CC4C(C)(C)C)c3-c3ccccc3)N=C2NC(=O)c2ccccn2)C(C(C)(C)C)C1. The number of hydrogen-bond donors (Lipinski definition) is 3. The Bertz CT molecular complexity index is 3000. The lowest BCUT2D eigenvalue weighted by molar-refractivity contribution is -0.164. The summed E-state index contributed by atoms with van der Waals surface area (Å²) in [5.74, 6) is -1.46. The van der Waals surface area contributed by atoms with Gasteiger partial charge in [-0.2, -0.15) is 0 Å². The van der Waals surface area contributed by atoms with E-state index in [1.165, 1.54) is 12.4 Å². The molecule has 5 aromatic rings. The van der Waals surface area contributed by atoms with Gasteiger partial charge < -0.3 is 25.1 Å². The fourth-order valence-corrected chi connectivity index (χ4v) is 12.0. The Balaban J connectivity index is 1.37. The number of pyridine rings is 2. The third-order valence-electron chi connectivity index (χ3n) is 16.1. The molecule has 0 bridgehead atoms. The molecule has 13 heteroatoms. The van der Waals surface area contributed by atoms with Crippen LogP contribution in [0.5, 0.6) is 0 Å². The number of benzene rings is 2. The number of carbonyl (C=O) groups excluding carboxylic acids is 4. The van der Waals surface area contributed by atoms with Crippen molar-refractivity contribution in [2.45, 2.75) is 135 Å². The maximum atomic E-state index is 15.7. The van der Waals surface area contributed by atoms with E-state index in [1.54, 1.807) is 36.4 Å². The van der Waals surface area contributed by atoms with E-state index >= 15 is 9.59 Å². The minimum atomic E-state index is -0.664. The van der Waals surface area contributed by atoms with E-state index in [-0.39, 0.29) is 91.2 Å². The predicted molar refractivity (Wildman–Crippen MR) is 306 cm³/mol. The summed E-state index contributed by atoms with van der Waals surface area (Å²) < 4.78 is 13.9. The summed E-state index contributed by atoms with van der Waals surface area (Å²) >= 11 is 0. The minimum absolute atomic E-state index is 0.0119. The zero-order valence-electron chi connectivity index (χ0n) is 47.6. The van der Waals surface area contributed by atoms with Crippen LogP contribution in [0.3, 0.4) is 0 Å². The topological polar surface area (TPSA) is 177 Å². The maximum absolute atomic E-state index is 15.7. The molecule has 0 radical (unpaired) electrons. The Morgan fingerprint density at radius 3 is 1.39 bits per heavy atom. The van der Waals surface area contributed by atoms with E-state index in [2.05, 4.69) is 123 Å². The minimum Gasteiger partial charge on any atom is -0.458 e. The van der Waals surface area contributed by atoms with Gasteiger partial charge in [0.05, 0.1) is 0 Å². The van der Waals surface area contributed by atoms with Crippen LogP contribution < -0.4 is 10.6 Å². The van der Waals surface area contributed by atoms with Gasteiger partial charge in [0.1, 0.15) is 46.4 Å². The smallest absolute Gasteiger partial charge is 0.343 e. The predicted octanol–water partition coefficient (Wildman–Crippen LogP) is 14.0. The average molecular weight is 1040 g/mol. The van der Waals surface area contributed by atoms with Crippen molar-refractivity contribution >= 4 is 52.6 Å². The number of amidine groups is 2. The summed E-state index contributed by atoms with van der Waals surface area (Å²) in [6.07, 6.45) is 5.58. The molecule has 4 heterocycles. The summed E-state index contributed by atoms with van der Waals surface area (Å²) in [7, 11) is 0. The fourth-order valence-electron chi connectivity index (χ4n) is 12.0. The Morgan fingerprint density at radius 2 is 0.961 bits per heavy atom. The first-order valence-electron chi connectivity index (χ1n) is 27.4. The quantitative estimate of drug-likeness (QED) is 0.116. The standard InChI is InChI=1S/C64H79N7O6/c1-37-33-41(61(3,4)5)51(42(34-37)62(6,7)8)76-59(74)49-47(39-25-17-15-18-26-39)53(68-55(49)70-57(72)45-29-21-23-31-65-45)67-54-48(40-27-19-16-20-28-40)50(56(69-54)71-58(73)46-30-22-24-32-66-46)60(75)77-52-43(63(9,10)11)35-38(2)36-44(52)64(12,13)14/h15-32,37-38,41-44,51-52,68H,33-36H2,1-14H3,(H,70,72)(H,67,69,71,73). The van der Waals surface area contributed by atoms with Crippen molar-refractivity contribution in [3.05, 3.63) is 138 Å². The van der Waals surface area contributed by atoms with E-state index in [4.69, 9.17) is 19.5 Å². The zero-order chi connectivity index (χ0) is 55.8. The van der Waals surface area contributed by atoms with Crippen molar-refractivity contribution in [1.29, 1.82) is 0 Å². The number of amides is 2. The number of carbonyl (C=O) groups is 4. The van der Waals surface area contributed by atoms with Crippen LogP contribution in [0.2, 0.25) is 0 Å². The molecule has 77 heavy (non-hydrogen) atoms. The molecule has 3 N–H and O–H groups in total. The Hall–Kier alpha value is -7.02. The van der Waals surface area contributed by atoms with Crippen molar-refractivity contribution < 1.29 is 28.7 Å². The Kier molecular flexibility index (Phi) is 16.2. The summed E-state index contributed by atoms with van der Waals surface area (Å²) in [5, 5.41) is 5.92. The fraction of sp³-hybridized carbons (Fsp3) is 0.469. The van der Waals surface area contributed by atoms with Crippen molar-refractivity contribution in [2.24, 2.45) is 67.2 Å². The number of aromatic nitrogens is 3. The Labute approximate surface area is 455 Å². The van der Waals surface area contributed by atoms with Crippen molar-refractivity contribution in [2.75, 3.05) is 5.32 Å². The van der Waals surface area contributed by atoms with E-state index < -0.39 is 36.0 Å². The van der Waals surface area contributed by atoms with Gasteiger partial charge in [-0.15, -0.1) is 0 Å². The first-order valence-corrected chi connectivity index (χ1v) is 27.4.